The highest BCUT2D eigenvalue weighted by Crippen LogP contribution is 2.38. The minimum absolute atomic E-state index is 0.150. The van der Waals surface area contributed by atoms with E-state index in [1.54, 1.807) is 25.1 Å². The van der Waals surface area contributed by atoms with E-state index in [0.717, 1.165) is 5.56 Å². The quantitative estimate of drug-likeness (QED) is 0.913. The van der Waals surface area contributed by atoms with Crippen LogP contribution in [0.4, 0.5) is 4.39 Å². The number of halogens is 1. The molecule has 0 bridgehead atoms. The first kappa shape index (κ1) is 14.8. The molecule has 0 saturated heterocycles. The van der Waals surface area contributed by atoms with Crippen molar-refractivity contribution < 1.29 is 18.7 Å². The highest BCUT2D eigenvalue weighted by Gasteiger charge is 2.36. The molecular formula is C17H18FNO3. The molecule has 1 amide bonds. The molecule has 1 aromatic heterocycles. The number of carbonyl (C=O) groups excluding carboxylic acids is 1. The summed E-state index contributed by atoms with van der Waals surface area (Å²) < 4.78 is 18.3. The largest absolute Gasteiger partial charge is 0.469 e. The van der Waals surface area contributed by atoms with Crippen LogP contribution in [-0.2, 0) is 0 Å². The smallest absolute Gasteiger partial charge is 0.255 e. The zero-order valence-corrected chi connectivity index (χ0v) is 12.3. The van der Waals surface area contributed by atoms with Crippen molar-refractivity contribution in [2.24, 2.45) is 5.92 Å². The fourth-order valence-corrected chi connectivity index (χ4v) is 2.89. The Morgan fingerprint density at radius 1 is 1.32 bits per heavy atom. The second kappa shape index (κ2) is 5.93. The number of furan rings is 1. The van der Waals surface area contributed by atoms with Crippen molar-refractivity contribution >= 4 is 5.91 Å². The van der Waals surface area contributed by atoms with Crippen LogP contribution < -0.4 is 5.32 Å². The Morgan fingerprint density at radius 2 is 2.00 bits per heavy atom. The number of aliphatic hydroxyl groups is 1. The van der Waals surface area contributed by atoms with E-state index in [-0.39, 0.29) is 29.8 Å². The molecule has 1 aliphatic carbocycles. The number of hydrogen-bond donors (Lipinski definition) is 2. The van der Waals surface area contributed by atoms with Crippen LogP contribution in [0.25, 0.3) is 0 Å². The molecule has 0 aliphatic heterocycles. The number of amides is 1. The lowest BCUT2D eigenvalue weighted by molar-refractivity contribution is 0.0235. The fourth-order valence-electron chi connectivity index (χ4n) is 2.89. The lowest BCUT2D eigenvalue weighted by Crippen LogP contribution is -2.41. The average molecular weight is 303 g/mol. The second-order valence-electron chi connectivity index (χ2n) is 5.78. The van der Waals surface area contributed by atoms with Gasteiger partial charge in [0.2, 0.25) is 0 Å². The molecule has 1 saturated carbocycles. The summed E-state index contributed by atoms with van der Waals surface area (Å²) in [5.74, 6) is 0.177. The standard InChI is InChI=1S/C17H18FNO3/c1-10-15(6-7-22-10)17(21)19-16(12-8-14(20)9-12)11-2-4-13(18)5-3-11/h2-7,12,14,16,20H,8-9H2,1H3,(H,19,21). The number of hydrogen-bond acceptors (Lipinski definition) is 3. The molecule has 3 rings (SSSR count). The predicted molar refractivity (Wildman–Crippen MR) is 78.8 cm³/mol. The van der Waals surface area contributed by atoms with Crippen molar-refractivity contribution in [3.8, 4) is 0 Å². The molecule has 4 nitrogen and oxygen atoms in total. The van der Waals surface area contributed by atoms with Gasteiger partial charge in [0.15, 0.2) is 0 Å². The summed E-state index contributed by atoms with van der Waals surface area (Å²) in [6, 6.07) is 7.49. The topological polar surface area (TPSA) is 62.5 Å². The molecule has 1 heterocycles. The van der Waals surface area contributed by atoms with Crippen molar-refractivity contribution in [2.45, 2.75) is 31.9 Å². The molecule has 2 aromatic rings. The predicted octanol–water partition coefficient (Wildman–Crippen LogP) is 2.97. The molecule has 2 N–H and O–H groups in total. The zero-order valence-electron chi connectivity index (χ0n) is 12.3. The van der Waals surface area contributed by atoms with E-state index in [4.69, 9.17) is 4.42 Å². The van der Waals surface area contributed by atoms with Gasteiger partial charge in [-0.1, -0.05) is 12.1 Å². The van der Waals surface area contributed by atoms with Crippen molar-refractivity contribution in [1.29, 1.82) is 0 Å². The molecule has 1 aromatic carbocycles. The van der Waals surface area contributed by atoms with Gasteiger partial charge in [0.1, 0.15) is 11.6 Å². The van der Waals surface area contributed by atoms with E-state index < -0.39 is 0 Å². The van der Waals surface area contributed by atoms with Gasteiger partial charge in [-0.25, -0.2) is 4.39 Å². The average Bonchev–Trinajstić information content (AvgIpc) is 2.89. The first-order valence-corrected chi connectivity index (χ1v) is 7.33. The van der Waals surface area contributed by atoms with Crippen LogP contribution in [0.3, 0.4) is 0 Å². The van der Waals surface area contributed by atoms with E-state index in [9.17, 15) is 14.3 Å². The minimum Gasteiger partial charge on any atom is -0.469 e. The summed E-state index contributed by atoms with van der Waals surface area (Å²) in [7, 11) is 0. The number of rotatable bonds is 4. The third kappa shape index (κ3) is 2.90. The third-order valence-electron chi connectivity index (χ3n) is 4.24. The molecule has 0 spiro atoms. The van der Waals surface area contributed by atoms with Gasteiger partial charge in [-0.05, 0) is 49.4 Å². The number of nitrogens with one attached hydrogen (secondary N) is 1. The molecule has 5 heteroatoms. The third-order valence-corrected chi connectivity index (χ3v) is 4.24. The molecule has 22 heavy (non-hydrogen) atoms. The van der Waals surface area contributed by atoms with Gasteiger partial charge >= 0.3 is 0 Å². The van der Waals surface area contributed by atoms with Crippen LogP contribution >= 0.6 is 0 Å². The first-order chi connectivity index (χ1) is 10.5. The summed E-state index contributed by atoms with van der Waals surface area (Å²) in [5.41, 5.74) is 1.33. The fraction of sp³-hybridized carbons (Fsp3) is 0.353. The summed E-state index contributed by atoms with van der Waals surface area (Å²) in [6.45, 7) is 1.73. The highest BCUT2D eigenvalue weighted by molar-refractivity contribution is 5.95. The molecule has 0 radical (unpaired) electrons. The monoisotopic (exact) mass is 303 g/mol. The number of aliphatic hydroxyl groups excluding tert-OH is 1. The number of benzene rings is 1. The molecule has 1 atom stereocenters. The Balaban J connectivity index is 1.81. The maximum atomic E-state index is 13.1. The molecule has 1 aliphatic rings. The van der Waals surface area contributed by atoms with Crippen LogP contribution in [-0.4, -0.2) is 17.1 Å². The van der Waals surface area contributed by atoms with Gasteiger partial charge in [0.05, 0.1) is 24.0 Å². The van der Waals surface area contributed by atoms with Crippen LogP contribution in [0, 0.1) is 18.7 Å². The number of aryl methyl sites for hydroxylation is 1. The molecule has 1 unspecified atom stereocenters. The van der Waals surface area contributed by atoms with Crippen molar-refractivity contribution in [2.75, 3.05) is 0 Å². The maximum Gasteiger partial charge on any atom is 0.255 e. The van der Waals surface area contributed by atoms with Gasteiger partial charge < -0.3 is 14.8 Å². The van der Waals surface area contributed by atoms with E-state index in [2.05, 4.69) is 5.32 Å². The van der Waals surface area contributed by atoms with Crippen molar-refractivity contribution in [3.63, 3.8) is 0 Å². The van der Waals surface area contributed by atoms with Crippen LogP contribution in [0.1, 0.15) is 40.6 Å². The van der Waals surface area contributed by atoms with Gasteiger partial charge in [0, 0.05) is 0 Å². The maximum absolute atomic E-state index is 13.1. The van der Waals surface area contributed by atoms with E-state index >= 15 is 0 Å². The van der Waals surface area contributed by atoms with E-state index in [1.807, 2.05) is 0 Å². The normalized spacial score (nSPS) is 22.0. The van der Waals surface area contributed by atoms with Gasteiger partial charge in [-0.3, -0.25) is 4.79 Å². The summed E-state index contributed by atoms with van der Waals surface area (Å²) in [6.07, 6.45) is 2.42. The Hall–Kier alpha value is -2.14. The zero-order chi connectivity index (χ0) is 15.7. The minimum atomic E-state index is -0.319. The van der Waals surface area contributed by atoms with Crippen LogP contribution in [0.15, 0.2) is 41.0 Å². The first-order valence-electron chi connectivity index (χ1n) is 7.33. The van der Waals surface area contributed by atoms with E-state index in [1.165, 1.54) is 18.4 Å². The summed E-state index contributed by atoms with van der Waals surface area (Å²) in [5, 5.41) is 12.5. The molecule has 116 valence electrons. The second-order valence-corrected chi connectivity index (χ2v) is 5.78. The lowest BCUT2D eigenvalue weighted by atomic mass is 9.75. The summed E-state index contributed by atoms with van der Waals surface area (Å²) >= 11 is 0. The lowest BCUT2D eigenvalue weighted by Gasteiger charge is -2.38. The highest BCUT2D eigenvalue weighted by atomic mass is 19.1. The van der Waals surface area contributed by atoms with Gasteiger partial charge in [-0.15, -0.1) is 0 Å². The Morgan fingerprint density at radius 3 is 2.55 bits per heavy atom. The van der Waals surface area contributed by atoms with Crippen molar-refractivity contribution in [3.05, 3.63) is 59.3 Å². The Kier molecular flexibility index (Phi) is 3.98. The van der Waals surface area contributed by atoms with Gasteiger partial charge in [-0.2, -0.15) is 0 Å². The number of carbonyl (C=O) groups is 1. The summed E-state index contributed by atoms with van der Waals surface area (Å²) in [4.78, 5) is 12.4. The van der Waals surface area contributed by atoms with E-state index in [0.29, 0.717) is 24.2 Å². The molecular weight excluding hydrogens is 285 g/mol. The van der Waals surface area contributed by atoms with Crippen LogP contribution in [0.2, 0.25) is 0 Å². The van der Waals surface area contributed by atoms with Gasteiger partial charge in [0.25, 0.3) is 5.91 Å². The Bertz CT molecular complexity index is 659. The van der Waals surface area contributed by atoms with Crippen LogP contribution in [0.5, 0.6) is 0 Å². The van der Waals surface area contributed by atoms with Crippen molar-refractivity contribution in [1.82, 2.24) is 5.32 Å². The molecule has 1 fully saturated rings. The SMILES string of the molecule is Cc1occc1C(=O)NC(c1ccc(F)cc1)C1CC(O)C1. The Labute approximate surface area is 128 Å².